The summed E-state index contributed by atoms with van der Waals surface area (Å²) >= 11 is 0. The van der Waals surface area contributed by atoms with Gasteiger partial charge < -0.3 is 10.4 Å². The molecule has 2 N–H and O–H groups in total. The highest BCUT2D eigenvalue weighted by atomic mass is 16.3. The lowest BCUT2D eigenvalue weighted by molar-refractivity contribution is 0.477. The van der Waals surface area contributed by atoms with E-state index >= 15 is 0 Å². The smallest absolute Gasteiger partial charge is 0.154 e. The third-order valence-electron chi connectivity index (χ3n) is 3.81. The molecule has 122 valence electrons. The predicted molar refractivity (Wildman–Crippen MR) is 98.2 cm³/mol. The highest BCUT2D eigenvalue weighted by molar-refractivity contribution is 5.72. The highest BCUT2D eigenvalue weighted by Crippen LogP contribution is 2.32. The van der Waals surface area contributed by atoms with E-state index in [0.29, 0.717) is 17.2 Å². The molecular formula is C20H16N4O. The van der Waals surface area contributed by atoms with Gasteiger partial charge in [0, 0.05) is 17.8 Å². The van der Waals surface area contributed by atoms with Crippen LogP contribution >= 0.6 is 0 Å². The number of phenolic OH excluding ortho intramolecular Hbond substituents is 1. The van der Waals surface area contributed by atoms with Crippen molar-refractivity contribution in [3.63, 3.8) is 0 Å². The molecule has 4 aromatic rings. The van der Waals surface area contributed by atoms with Gasteiger partial charge in [-0.1, -0.05) is 36.4 Å². The maximum atomic E-state index is 10.3. The summed E-state index contributed by atoms with van der Waals surface area (Å²) in [6.45, 7) is 0. The SMILES string of the molecule is Oc1ccccc1-c1cc(Nc2ccccn2)nn1-c1ccccc1. The van der Waals surface area contributed by atoms with Crippen molar-refractivity contribution in [3.8, 4) is 22.7 Å². The summed E-state index contributed by atoms with van der Waals surface area (Å²) < 4.78 is 1.81. The first-order valence-corrected chi connectivity index (χ1v) is 7.93. The fourth-order valence-corrected chi connectivity index (χ4v) is 2.66. The zero-order chi connectivity index (χ0) is 17.1. The van der Waals surface area contributed by atoms with Crippen molar-refractivity contribution in [2.75, 3.05) is 5.32 Å². The van der Waals surface area contributed by atoms with Crippen molar-refractivity contribution in [2.24, 2.45) is 0 Å². The minimum absolute atomic E-state index is 0.212. The number of aromatic nitrogens is 3. The Bertz CT molecular complexity index is 981. The van der Waals surface area contributed by atoms with Crippen molar-refractivity contribution < 1.29 is 5.11 Å². The highest BCUT2D eigenvalue weighted by Gasteiger charge is 2.14. The summed E-state index contributed by atoms with van der Waals surface area (Å²) in [5.41, 5.74) is 2.42. The second-order valence-electron chi connectivity index (χ2n) is 5.52. The van der Waals surface area contributed by atoms with E-state index < -0.39 is 0 Å². The Morgan fingerprint density at radius 1 is 0.800 bits per heavy atom. The average molecular weight is 328 g/mol. The summed E-state index contributed by atoms with van der Waals surface area (Å²) in [6.07, 6.45) is 1.72. The Hall–Kier alpha value is -3.60. The lowest BCUT2D eigenvalue weighted by Crippen LogP contribution is -2.00. The van der Waals surface area contributed by atoms with Crippen LogP contribution < -0.4 is 5.32 Å². The third kappa shape index (κ3) is 3.07. The predicted octanol–water partition coefficient (Wildman–Crippen LogP) is 4.38. The van der Waals surface area contributed by atoms with Gasteiger partial charge in [-0.05, 0) is 36.4 Å². The molecule has 25 heavy (non-hydrogen) atoms. The van der Waals surface area contributed by atoms with Gasteiger partial charge in [0.2, 0.25) is 0 Å². The van der Waals surface area contributed by atoms with Gasteiger partial charge in [0.05, 0.1) is 11.4 Å². The molecule has 0 aliphatic carbocycles. The zero-order valence-electron chi connectivity index (χ0n) is 13.4. The molecule has 4 rings (SSSR count). The number of anilines is 2. The number of para-hydroxylation sites is 2. The van der Waals surface area contributed by atoms with Crippen LogP contribution in [-0.4, -0.2) is 19.9 Å². The number of pyridine rings is 1. The standard InChI is InChI=1S/C20H16N4O/c25-18-11-5-4-10-16(18)17-14-20(22-19-12-6-7-13-21-19)23-24(17)15-8-2-1-3-9-15/h1-14,25H,(H,21,22,23). The van der Waals surface area contributed by atoms with Crippen LogP contribution in [0.5, 0.6) is 5.75 Å². The van der Waals surface area contributed by atoms with E-state index in [2.05, 4.69) is 15.4 Å². The minimum Gasteiger partial charge on any atom is -0.507 e. The number of nitrogens with one attached hydrogen (secondary N) is 1. The minimum atomic E-state index is 0.212. The lowest BCUT2D eigenvalue weighted by atomic mass is 10.1. The van der Waals surface area contributed by atoms with E-state index in [1.54, 1.807) is 23.0 Å². The van der Waals surface area contributed by atoms with Gasteiger partial charge in [-0.15, -0.1) is 5.10 Å². The number of hydrogen-bond acceptors (Lipinski definition) is 4. The fourth-order valence-electron chi connectivity index (χ4n) is 2.66. The van der Waals surface area contributed by atoms with Crippen molar-refractivity contribution in [3.05, 3.63) is 85.1 Å². The number of aromatic hydroxyl groups is 1. The van der Waals surface area contributed by atoms with E-state index in [1.165, 1.54) is 0 Å². The van der Waals surface area contributed by atoms with Crippen LogP contribution in [0.3, 0.4) is 0 Å². The molecule has 0 unspecified atom stereocenters. The molecule has 5 heteroatoms. The van der Waals surface area contributed by atoms with Crippen molar-refractivity contribution in [1.29, 1.82) is 0 Å². The van der Waals surface area contributed by atoms with Crippen molar-refractivity contribution >= 4 is 11.6 Å². The summed E-state index contributed by atoms with van der Waals surface area (Å²) in [4.78, 5) is 4.27. The van der Waals surface area contributed by atoms with Crippen LogP contribution in [0.25, 0.3) is 16.9 Å². The molecule has 0 saturated heterocycles. The fraction of sp³-hybridized carbons (Fsp3) is 0. The molecular weight excluding hydrogens is 312 g/mol. The Morgan fingerprint density at radius 2 is 1.56 bits per heavy atom. The number of phenols is 1. The molecule has 0 aliphatic rings. The van der Waals surface area contributed by atoms with E-state index in [9.17, 15) is 5.11 Å². The van der Waals surface area contributed by atoms with Crippen LogP contribution in [0.1, 0.15) is 0 Å². The largest absolute Gasteiger partial charge is 0.507 e. The molecule has 0 fully saturated rings. The monoisotopic (exact) mass is 328 g/mol. The quantitative estimate of drug-likeness (QED) is 0.583. The average Bonchev–Trinajstić information content (AvgIpc) is 3.07. The molecule has 0 atom stereocenters. The number of nitrogens with zero attached hydrogens (tertiary/aromatic N) is 3. The molecule has 2 aromatic heterocycles. The van der Waals surface area contributed by atoms with Gasteiger partial charge in [-0.25, -0.2) is 9.67 Å². The van der Waals surface area contributed by atoms with Crippen molar-refractivity contribution in [1.82, 2.24) is 14.8 Å². The molecule has 0 spiro atoms. The molecule has 0 saturated carbocycles. The van der Waals surface area contributed by atoms with Gasteiger partial charge in [0.25, 0.3) is 0 Å². The van der Waals surface area contributed by atoms with Crippen LogP contribution in [0.4, 0.5) is 11.6 Å². The van der Waals surface area contributed by atoms with Crippen molar-refractivity contribution in [2.45, 2.75) is 0 Å². The Kier molecular flexibility index (Phi) is 3.88. The maximum Gasteiger partial charge on any atom is 0.154 e. The van der Waals surface area contributed by atoms with Crippen LogP contribution in [-0.2, 0) is 0 Å². The van der Waals surface area contributed by atoms with Gasteiger partial charge >= 0.3 is 0 Å². The maximum absolute atomic E-state index is 10.3. The molecule has 2 heterocycles. The summed E-state index contributed by atoms with van der Waals surface area (Å²) in [6, 6.07) is 24.6. The first-order chi connectivity index (χ1) is 12.3. The molecule has 0 amide bonds. The number of rotatable bonds is 4. The first-order valence-electron chi connectivity index (χ1n) is 7.93. The molecule has 0 aliphatic heterocycles. The second-order valence-corrected chi connectivity index (χ2v) is 5.52. The topological polar surface area (TPSA) is 63.0 Å². The van der Waals surface area contributed by atoms with Gasteiger partial charge in [0.15, 0.2) is 5.82 Å². The zero-order valence-corrected chi connectivity index (χ0v) is 13.4. The molecule has 2 aromatic carbocycles. The normalized spacial score (nSPS) is 10.6. The van der Waals surface area contributed by atoms with Gasteiger partial charge in [-0.2, -0.15) is 0 Å². The molecule has 0 radical (unpaired) electrons. The van der Waals surface area contributed by atoms with E-state index in [0.717, 1.165) is 11.4 Å². The van der Waals surface area contributed by atoms with E-state index in [1.807, 2.05) is 66.7 Å². The van der Waals surface area contributed by atoms with Gasteiger partial charge in [-0.3, -0.25) is 0 Å². The summed E-state index contributed by atoms with van der Waals surface area (Å²) in [5.74, 6) is 1.58. The Labute approximate surface area is 145 Å². The Morgan fingerprint density at radius 3 is 2.32 bits per heavy atom. The Balaban J connectivity index is 1.83. The van der Waals surface area contributed by atoms with Crippen LogP contribution in [0.15, 0.2) is 85.1 Å². The van der Waals surface area contributed by atoms with Crippen LogP contribution in [0.2, 0.25) is 0 Å². The molecule has 5 nitrogen and oxygen atoms in total. The lowest BCUT2D eigenvalue weighted by Gasteiger charge is -2.08. The van der Waals surface area contributed by atoms with E-state index in [4.69, 9.17) is 0 Å². The van der Waals surface area contributed by atoms with Gasteiger partial charge in [0.1, 0.15) is 11.6 Å². The summed E-state index contributed by atoms with van der Waals surface area (Å²) in [7, 11) is 0. The third-order valence-corrected chi connectivity index (χ3v) is 3.81. The number of hydrogen-bond donors (Lipinski definition) is 2. The summed E-state index contributed by atoms with van der Waals surface area (Å²) in [5, 5.41) is 18.1. The molecule has 0 bridgehead atoms. The number of benzene rings is 2. The second kappa shape index (κ2) is 6.49. The first kappa shape index (κ1) is 15.0. The van der Waals surface area contributed by atoms with E-state index in [-0.39, 0.29) is 5.75 Å². The van der Waals surface area contributed by atoms with Crippen LogP contribution in [0, 0.1) is 0 Å².